The average molecular weight is 542 g/mol. The Morgan fingerprint density at radius 3 is 2.60 bits per heavy atom. The Balaban J connectivity index is 1.29. The summed E-state index contributed by atoms with van der Waals surface area (Å²) >= 11 is 0. The molecule has 40 heavy (non-hydrogen) atoms. The van der Waals surface area contributed by atoms with Crippen LogP contribution in [0.1, 0.15) is 67.4 Å². The summed E-state index contributed by atoms with van der Waals surface area (Å²) < 4.78 is 11.0. The van der Waals surface area contributed by atoms with Crippen molar-refractivity contribution in [1.82, 2.24) is 24.9 Å². The van der Waals surface area contributed by atoms with Crippen LogP contribution in [0.15, 0.2) is 70.1 Å². The average Bonchev–Trinajstić information content (AvgIpc) is 3.70. The van der Waals surface area contributed by atoms with Crippen LogP contribution in [0.2, 0.25) is 0 Å². The van der Waals surface area contributed by atoms with Crippen molar-refractivity contribution in [2.45, 2.75) is 51.2 Å². The first-order chi connectivity index (χ1) is 19.2. The first kappa shape index (κ1) is 26.4. The van der Waals surface area contributed by atoms with Crippen LogP contribution in [-0.4, -0.2) is 62.6 Å². The van der Waals surface area contributed by atoms with Gasteiger partial charge in [-0.25, -0.2) is 0 Å². The van der Waals surface area contributed by atoms with Crippen LogP contribution in [0.3, 0.4) is 0 Å². The number of furan rings is 1. The van der Waals surface area contributed by atoms with Gasteiger partial charge in [0, 0.05) is 55.0 Å². The number of rotatable bonds is 8. The van der Waals surface area contributed by atoms with Crippen molar-refractivity contribution in [1.29, 1.82) is 0 Å². The lowest BCUT2D eigenvalue weighted by Crippen LogP contribution is -2.63. The Labute approximate surface area is 233 Å². The van der Waals surface area contributed by atoms with Gasteiger partial charge in [-0.1, -0.05) is 50.2 Å². The summed E-state index contributed by atoms with van der Waals surface area (Å²) in [5.74, 6) is 1.77. The van der Waals surface area contributed by atoms with Crippen molar-refractivity contribution < 1.29 is 18.8 Å². The third kappa shape index (κ3) is 4.53. The molecule has 2 aliphatic rings. The highest BCUT2D eigenvalue weighted by Gasteiger charge is 2.55. The predicted octanol–water partition coefficient (Wildman–Crippen LogP) is 4.55. The molecule has 0 saturated carbocycles. The summed E-state index contributed by atoms with van der Waals surface area (Å²) in [6.07, 6.45) is 5.31. The second-order valence-electron chi connectivity index (χ2n) is 11.9. The van der Waals surface area contributed by atoms with Crippen molar-refractivity contribution in [3.05, 3.63) is 89.5 Å². The highest BCUT2D eigenvalue weighted by atomic mass is 16.5. The highest BCUT2D eigenvalue weighted by molar-refractivity contribution is 5.79. The van der Waals surface area contributed by atoms with Gasteiger partial charge in [-0.2, -0.15) is 4.98 Å². The highest BCUT2D eigenvalue weighted by Crippen LogP contribution is 2.50. The Bertz CT molecular complexity index is 1490. The van der Waals surface area contributed by atoms with E-state index in [0.717, 1.165) is 24.4 Å². The molecule has 2 atom stereocenters. The van der Waals surface area contributed by atoms with Crippen LogP contribution in [-0.2, 0) is 16.9 Å². The van der Waals surface area contributed by atoms with Crippen LogP contribution < -0.4 is 0 Å². The number of amides is 1. The Morgan fingerprint density at radius 1 is 1.15 bits per heavy atom. The maximum Gasteiger partial charge on any atom is 0.232 e. The monoisotopic (exact) mass is 541 g/mol. The van der Waals surface area contributed by atoms with Gasteiger partial charge in [0.05, 0.1) is 18.7 Å². The van der Waals surface area contributed by atoms with Crippen molar-refractivity contribution in [2.24, 2.45) is 5.41 Å². The summed E-state index contributed by atoms with van der Waals surface area (Å²) in [6.45, 7) is 8.83. The quantitative estimate of drug-likeness (QED) is 0.346. The molecular formula is C31H35N5O4. The van der Waals surface area contributed by atoms with Gasteiger partial charge in [-0.05, 0) is 42.3 Å². The summed E-state index contributed by atoms with van der Waals surface area (Å²) in [4.78, 5) is 25.7. The first-order valence-electron chi connectivity index (χ1n) is 13.8. The van der Waals surface area contributed by atoms with Crippen LogP contribution in [0, 0.1) is 5.41 Å². The second-order valence-corrected chi connectivity index (χ2v) is 11.9. The number of hydrogen-bond donors (Lipinski definition) is 1. The fourth-order valence-electron chi connectivity index (χ4n) is 6.31. The SMILES string of the molecule is CC(C)c1ccc(C(O)(c2cncc(-c3noc(C4CC(=O)N(Cc5ccco5)C4)n3)c2)C2(C)CN(C)C2)cc1. The minimum absolute atomic E-state index is 0.0251. The summed E-state index contributed by atoms with van der Waals surface area (Å²) in [5, 5.41) is 16.7. The number of likely N-dealkylation sites (tertiary alicyclic amines) is 2. The smallest absolute Gasteiger partial charge is 0.232 e. The molecule has 0 radical (unpaired) electrons. The van der Waals surface area contributed by atoms with E-state index in [1.54, 1.807) is 23.6 Å². The van der Waals surface area contributed by atoms with E-state index in [1.807, 2.05) is 30.3 Å². The number of benzene rings is 1. The Hall–Kier alpha value is -3.82. The third-order valence-electron chi connectivity index (χ3n) is 8.45. The van der Waals surface area contributed by atoms with Gasteiger partial charge >= 0.3 is 0 Å². The fraction of sp³-hybridized carbons (Fsp3) is 0.419. The van der Waals surface area contributed by atoms with Gasteiger partial charge in [0.25, 0.3) is 0 Å². The molecule has 1 amide bonds. The molecule has 5 heterocycles. The maximum absolute atomic E-state index is 12.6. The largest absolute Gasteiger partial charge is 0.467 e. The van der Waals surface area contributed by atoms with E-state index in [4.69, 9.17) is 8.94 Å². The molecule has 208 valence electrons. The summed E-state index contributed by atoms with van der Waals surface area (Å²) in [6, 6.07) is 13.8. The molecule has 9 nitrogen and oxygen atoms in total. The summed E-state index contributed by atoms with van der Waals surface area (Å²) in [5.41, 5.74) is 1.71. The number of carbonyl (C=O) groups is 1. The van der Waals surface area contributed by atoms with E-state index in [2.05, 4.69) is 60.0 Å². The molecule has 1 aromatic carbocycles. The topological polar surface area (TPSA) is 109 Å². The van der Waals surface area contributed by atoms with Crippen LogP contribution in [0.25, 0.3) is 11.4 Å². The second kappa shape index (κ2) is 9.98. The van der Waals surface area contributed by atoms with Crippen molar-refractivity contribution in [3.8, 4) is 11.4 Å². The molecule has 2 aliphatic heterocycles. The normalized spacial score (nSPS) is 20.6. The van der Waals surface area contributed by atoms with Crippen LogP contribution >= 0.6 is 0 Å². The molecule has 0 spiro atoms. The van der Waals surface area contributed by atoms with Crippen LogP contribution in [0.5, 0.6) is 0 Å². The lowest BCUT2D eigenvalue weighted by Gasteiger charge is -2.55. The van der Waals surface area contributed by atoms with Gasteiger partial charge in [-0.3, -0.25) is 9.78 Å². The molecule has 2 saturated heterocycles. The van der Waals surface area contributed by atoms with Crippen LogP contribution in [0.4, 0.5) is 0 Å². The molecular weight excluding hydrogens is 506 g/mol. The zero-order valence-electron chi connectivity index (χ0n) is 23.4. The zero-order chi connectivity index (χ0) is 28.1. The number of aliphatic hydroxyl groups is 1. The minimum Gasteiger partial charge on any atom is -0.467 e. The first-order valence-corrected chi connectivity index (χ1v) is 13.8. The van der Waals surface area contributed by atoms with Gasteiger partial charge in [-0.15, -0.1) is 0 Å². The third-order valence-corrected chi connectivity index (χ3v) is 8.45. The molecule has 1 N–H and O–H groups in total. The van der Waals surface area contributed by atoms with Gasteiger partial charge < -0.3 is 23.8 Å². The molecule has 9 heteroatoms. The van der Waals surface area contributed by atoms with E-state index in [9.17, 15) is 9.90 Å². The van der Waals surface area contributed by atoms with E-state index < -0.39 is 11.0 Å². The zero-order valence-corrected chi connectivity index (χ0v) is 23.4. The number of nitrogens with zero attached hydrogens (tertiary/aromatic N) is 5. The fourth-order valence-corrected chi connectivity index (χ4v) is 6.31. The maximum atomic E-state index is 12.6. The Morgan fingerprint density at radius 2 is 1.93 bits per heavy atom. The molecule has 4 aromatic rings. The molecule has 0 bridgehead atoms. The van der Waals surface area contributed by atoms with Crippen molar-refractivity contribution >= 4 is 5.91 Å². The Kier molecular flexibility index (Phi) is 6.59. The lowest BCUT2D eigenvalue weighted by atomic mass is 9.62. The lowest BCUT2D eigenvalue weighted by molar-refractivity contribution is -0.128. The van der Waals surface area contributed by atoms with E-state index in [-0.39, 0.29) is 11.8 Å². The number of carbonyl (C=O) groups excluding carboxylic acids is 1. The van der Waals surface area contributed by atoms with E-state index in [1.165, 1.54) is 5.56 Å². The van der Waals surface area contributed by atoms with E-state index >= 15 is 0 Å². The van der Waals surface area contributed by atoms with Crippen molar-refractivity contribution in [2.75, 3.05) is 26.7 Å². The molecule has 0 aliphatic carbocycles. The van der Waals surface area contributed by atoms with Gasteiger partial charge in [0.15, 0.2) is 0 Å². The van der Waals surface area contributed by atoms with E-state index in [0.29, 0.717) is 48.3 Å². The molecule has 3 aromatic heterocycles. The molecule has 2 unspecified atom stereocenters. The molecule has 6 rings (SSSR count). The minimum atomic E-state index is -1.27. The van der Waals surface area contributed by atoms with Crippen molar-refractivity contribution in [3.63, 3.8) is 0 Å². The van der Waals surface area contributed by atoms with Gasteiger partial charge in [0.2, 0.25) is 17.6 Å². The standard InChI is InChI=1S/C31H35N5O4/c1-20(2)21-7-9-24(10-8-21)31(38,30(3)18-35(4)19-30)25-12-22(14-32-15-25)28-33-29(40-34-28)23-13-27(37)36(16-23)17-26-6-5-11-39-26/h5-12,14-15,20,23,38H,13,16-19H2,1-4H3. The summed E-state index contributed by atoms with van der Waals surface area (Å²) in [7, 11) is 2.06. The predicted molar refractivity (Wildman–Crippen MR) is 148 cm³/mol. The number of aromatic nitrogens is 3. The molecule has 2 fully saturated rings. The number of pyridine rings is 1. The van der Waals surface area contributed by atoms with Gasteiger partial charge in [0.1, 0.15) is 11.4 Å². The number of hydrogen-bond acceptors (Lipinski definition) is 8.